The number of benzene rings is 18. The molecule has 18 aromatic carbocycles. The van der Waals surface area contributed by atoms with Crippen LogP contribution in [0.3, 0.4) is 0 Å². The molecule has 6 heterocycles. The Morgan fingerprint density at radius 2 is 0.495 bits per heavy atom. The van der Waals surface area contributed by atoms with Crippen molar-refractivity contribution in [2.45, 2.75) is 0 Å². The third kappa shape index (κ3) is 10.3. The Labute approximate surface area is 646 Å². The molecule has 0 spiro atoms. The summed E-state index contributed by atoms with van der Waals surface area (Å²) in [4.78, 5) is 37.8. The fraction of sp³-hybridized carbons (Fsp3) is 0. The quantitative estimate of drug-likeness (QED) is 0.151. The van der Waals surface area contributed by atoms with Crippen molar-refractivity contribution in [3.05, 3.63) is 382 Å². The first-order chi connectivity index (χ1) is 57.2. The molecule has 516 valence electrons. The van der Waals surface area contributed by atoms with Crippen molar-refractivity contribution in [3.63, 3.8) is 0 Å². The molecule has 0 N–H and O–H groups in total. The summed E-state index contributed by atoms with van der Waals surface area (Å²) < 4.78 is 42.1. The molecule has 0 saturated heterocycles. The fourth-order valence-electron chi connectivity index (χ4n) is 17.0. The summed E-state index contributed by atoms with van der Waals surface area (Å²) in [6.07, 6.45) is 0. The topological polar surface area (TPSA) is 87.1 Å². The second kappa shape index (κ2) is 25.9. The number of anilines is 9. The summed E-state index contributed by atoms with van der Waals surface area (Å²) in [6.45, 7) is 0. The molecule has 0 radical (unpaired) electrons. The summed E-state index contributed by atoms with van der Waals surface area (Å²) in [6, 6.07) is 120. The predicted octanol–water partition coefficient (Wildman–Crippen LogP) is 27.2. The molecule has 21 aromatic rings. The van der Waals surface area contributed by atoms with Gasteiger partial charge in [-0.15, -0.1) is 0 Å². The van der Waals surface area contributed by atoms with Crippen LogP contribution in [0.1, 0.15) is 6.85 Å². The summed E-state index contributed by atoms with van der Waals surface area (Å²) in [5.74, 6) is 2.07. The lowest BCUT2D eigenvalue weighted by molar-refractivity contribution is 1.18. The van der Waals surface area contributed by atoms with E-state index in [4.69, 9.17) is 36.8 Å². The Morgan fingerprint density at radius 3 is 0.955 bits per heavy atom. The monoisotopic (exact) mass is 1420 g/mol. The van der Waals surface area contributed by atoms with Crippen molar-refractivity contribution >= 4 is 149 Å². The van der Waals surface area contributed by atoms with Crippen molar-refractivity contribution in [2.24, 2.45) is 0 Å². The number of aromatic nitrogens is 6. The molecule has 9 nitrogen and oxygen atoms in total. The Morgan fingerprint density at radius 1 is 0.198 bits per heavy atom. The molecule has 111 heavy (non-hydrogen) atoms. The number of nitrogens with zero attached hydrogens (tertiary/aromatic N) is 9. The average molecular weight is 1420 g/mol. The number of hydrogen-bond acceptors (Lipinski definition) is 9. The van der Waals surface area contributed by atoms with Crippen LogP contribution in [0.4, 0.5) is 51.6 Å². The van der Waals surface area contributed by atoms with Crippen molar-refractivity contribution in [1.82, 2.24) is 29.9 Å². The maximum atomic E-state index is 8.71. The van der Waals surface area contributed by atoms with Gasteiger partial charge in [0, 0.05) is 49.5 Å². The van der Waals surface area contributed by atoms with Gasteiger partial charge in [-0.05, 0) is 144 Å². The summed E-state index contributed by atoms with van der Waals surface area (Å²) in [5, 5.41) is 14.2. The maximum absolute atomic E-state index is 8.71. The Kier molecular flexibility index (Phi) is 13.6. The van der Waals surface area contributed by atoms with E-state index in [9.17, 15) is 0 Å². The molecule has 0 saturated carbocycles. The van der Waals surface area contributed by atoms with Gasteiger partial charge in [-0.25, -0.2) is 29.9 Å². The van der Waals surface area contributed by atoms with Gasteiger partial charge >= 0.3 is 0 Å². The largest absolute Gasteiger partial charge is 0.292 e. The highest BCUT2D eigenvalue weighted by molar-refractivity contribution is 6.20. The van der Waals surface area contributed by atoms with Crippen LogP contribution in [0.15, 0.2) is 382 Å². The summed E-state index contributed by atoms with van der Waals surface area (Å²) >= 11 is 0. The molecule has 0 atom stereocenters. The summed E-state index contributed by atoms with van der Waals surface area (Å²) in [7, 11) is 0. The zero-order valence-corrected chi connectivity index (χ0v) is 59.5. The van der Waals surface area contributed by atoms with Gasteiger partial charge in [0.25, 0.3) is 0 Å². The highest BCUT2D eigenvalue weighted by Crippen LogP contribution is 2.56. The molecule has 3 aromatic heterocycles. The Balaban J connectivity index is 0.000000106. The van der Waals surface area contributed by atoms with E-state index in [1.165, 1.54) is 76.1 Å². The third-order valence-corrected chi connectivity index (χ3v) is 21.8. The van der Waals surface area contributed by atoms with E-state index in [-0.39, 0.29) is 23.3 Å². The van der Waals surface area contributed by atoms with Crippen molar-refractivity contribution < 1.29 is 6.85 Å². The van der Waals surface area contributed by atoms with E-state index >= 15 is 0 Å². The third-order valence-electron chi connectivity index (χ3n) is 21.8. The van der Waals surface area contributed by atoms with Crippen molar-refractivity contribution in [3.8, 4) is 67.2 Å². The first kappa shape index (κ1) is 58.2. The van der Waals surface area contributed by atoms with Gasteiger partial charge in [-0.3, -0.25) is 14.7 Å². The molecule has 0 fully saturated rings. The van der Waals surface area contributed by atoms with Crippen molar-refractivity contribution in [2.75, 3.05) is 14.7 Å². The van der Waals surface area contributed by atoms with Gasteiger partial charge in [0.1, 0.15) is 17.1 Å². The molecule has 0 unspecified atom stereocenters. The van der Waals surface area contributed by atoms with Gasteiger partial charge in [0.2, 0.25) is 0 Å². The fourth-order valence-corrected chi connectivity index (χ4v) is 17.0. The normalized spacial score (nSPS) is 12.9. The van der Waals surface area contributed by atoms with Crippen LogP contribution in [0.25, 0.3) is 165 Å². The first-order valence-electron chi connectivity index (χ1n) is 39.7. The maximum Gasteiger partial charge on any atom is 0.165 e. The molecule has 3 aliphatic heterocycles. The second-order valence-corrected chi connectivity index (χ2v) is 28.0. The number of rotatable bonds is 6. The SMILES string of the molecule is [2H]c1c([2H])c([2H])c(-c2nc3ccccc3nc2N2c3ccccc3-c3cccc4cccc2c34)c([2H])c1[2H].c1ccc2c(c1)-c1cccc3cccc(c13)N2c1nc2ccccc2nc1-c1cc2ccccc2c2ccccc12.c1ccc2c(c1)-c1cccc3cccc(c13)N2c1nc2ccccc2nc1-c1cccc2ccccc12. The van der Waals surface area contributed by atoms with Gasteiger partial charge in [-0.2, -0.15) is 0 Å². The van der Waals surface area contributed by atoms with E-state index < -0.39 is 18.1 Å². The van der Waals surface area contributed by atoms with E-state index in [0.717, 1.165) is 112 Å². The molecular formula is C102H63N9. The average Bonchev–Trinajstić information content (AvgIpc) is 0.725. The van der Waals surface area contributed by atoms with Gasteiger partial charge in [-0.1, -0.05) is 303 Å². The lowest BCUT2D eigenvalue weighted by atomic mass is 9.90. The second-order valence-electron chi connectivity index (χ2n) is 28.0. The lowest BCUT2D eigenvalue weighted by Gasteiger charge is -2.33. The Bertz CT molecular complexity index is 7690. The van der Waals surface area contributed by atoms with E-state index in [2.05, 4.69) is 265 Å². The van der Waals surface area contributed by atoms with Crippen LogP contribution in [0, 0.1) is 0 Å². The number of fused-ring (bicyclic) bond motifs is 13. The van der Waals surface area contributed by atoms with Crippen LogP contribution < -0.4 is 14.7 Å². The zero-order chi connectivity index (χ0) is 77.4. The van der Waals surface area contributed by atoms with Crippen LogP contribution in [0.2, 0.25) is 0 Å². The molecule has 24 rings (SSSR count). The molecule has 0 aliphatic carbocycles. The standard InChI is InChI=1S/C38H23N3.C34H21N3.C30H19N3/c1-2-14-26-25(11-1)23-31(28-16-4-3-15-27(26)28)37-38(40-33-20-7-6-19-32(33)39-37)41-34-21-8-5-17-29(34)30-18-9-12-24-13-10-22-35(41)36(24)30;1-2-14-24-22(10-1)11-7-17-27(24)33-34(36-29-19-5-4-18-28(29)35-33)37-30-20-6-3-15-25(30)26-16-8-12-23-13-9-21-31(37)32(23)26;1-2-10-21(11-3-1)29-30(32-25-17-6-5-16-24(25)31-29)33-26-18-7-4-14-22(26)23-15-8-12-20-13-9-19-27(33)28(20)23/h1-23H;1-21H;1-19H/i;;1D,2D,3D,10D,11D. The predicted molar refractivity (Wildman–Crippen MR) is 461 cm³/mol. The van der Waals surface area contributed by atoms with Crippen LogP contribution in [0.5, 0.6) is 0 Å². The highest BCUT2D eigenvalue weighted by atomic mass is 15.2. The van der Waals surface area contributed by atoms with Crippen molar-refractivity contribution in [1.29, 1.82) is 0 Å². The van der Waals surface area contributed by atoms with Crippen LogP contribution in [-0.2, 0) is 0 Å². The van der Waals surface area contributed by atoms with E-state index in [1.807, 2.05) is 102 Å². The zero-order valence-electron chi connectivity index (χ0n) is 64.5. The van der Waals surface area contributed by atoms with E-state index in [1.54, 1.807) is 0 Å². The number of para-hydroxylation sites is 9. The Hall–Kier alpha value is -15.1. The van der Waals surface area contributed by atoms with Gasteiger partial charge in [0.05, 0.1) is 74.1 Å². The van der Waals surface area contributed by atoms with E-state index in [0.29, 0.717) is 16.9 Å². The molecular weight excluding hydrogens is 1350 g/mol. The minimum absolute atomic E-state index is 0.0211. The van der Waals surface area contributed by atoms with Crippen LogP contribution >= 0.6 is 0 Å². The number of hydrogen-bond donors (Lipinski definition) is 0. The first-order valence-corrected chi connectivity index (χ1v) is 37.2. The van der Waals surface area contributed by atoms with Gasteiger partial charge < -0.3 is 0 Å². The molecule has 9 heteroatoms. The van der Waals surface area contributed by atoms with Crippen LogP contribution in [-0.4, -0.2) is 29.9 Å². The minimum atomic E-state index is -0.443. The van der Waals surface area contributed by atoms with Gasteiger partial charge in [0.15, 0.2) is 17.5 Å². The molecule has 3 aliphatic rings. The highest BCUT2D eigenvalue weighted by Gasteiger charge is 2.34. The smallest absolute Gasteiger partial charge is 0.165 e. The summed E-state index contributed by atoms with van der Waals surface area (Å²) in [5.41, 5.74) is 22.1. The lowest BCUT2D eigenvalue weighted by Crippen LogP contribution is -2.18. The molecule has 0 bridgehead atoms. The minimum Gasteiger partial charge on any atom is -0.292 e. The molecule has 0 amide bonds.